The molecular formula is C18H20N2O. The van der Waals surface area contributed by atoms with Gasteiger partial charge in [0, 0.05) is 24.3 Å². The molecule has 3 nitrogen and oxygen atoms in total. The second-order valence-corrected chi connectivity index (χ2v) is 5.70. The molecule has 0 spiro atoms. The van der Waals surface area contributed by atoms with Gasteiger partial charge in [-0.2, -0.15) is 0 Å². The Morgan fingerprint density at radius 1 is 1.14 bits per heavy atom. The van der Waals surface area contributed by atoms with Crippen molar-refractivity contribution in [2.24, 2.45) is 5.92 Å². The first kappa shape index (κ1) is 13.7. The fraction of sp³-hybridized carbons (Fsp3) is 0.278. The molecule has 0 heterocycles. The van der Waals surface area contributed by atoms with E-state index >= 15 is 0 Å². The van der Waals surface area contributed by atoms with E-state index in [1.165, 1.54) is 11.1 Å². The van der Waals surface area contributed by atoms with Crippen LogP contribution in [0.15, 0.2) is 48.5 Å². The first-order chi connectivity index (χ1) is 10.1. The van der Waals surface area contributed by atoms with Crippen molar-refractivity contribution in [3.8, 4) is 0 Å². The first-order valence-corrected chi connectivity index (χ1v) is 7.35. The van der Waals surface area contributed by atoms with Gasteiger partial charge in [-0.1, -0.05) is 30.3 Å². The van der Waals surface area contributed by atoms with Gasteiger partial charge in [-0.3, -0.25) is 4.79 Å². The monoisotopic (exact) mass is 280 g/mol. The lowest BCUT2D eigenvalue weighted by atomic mass is 9.83. The number of anilines is 2. The third kappa shape index (κ3) is 2.77. The highest BCUT2D eigenvalue weighted by Gasteiger charge is 2.27. The largest absolute Gasteiger partial charge is 0.399 e. The number of hydrogen-bond donors (Lipinski definition) is 1. The Morgan fingerprint density at radius 2 is 1.90 bits per heavy atom. The average molecular weight is 280 g/mol. The van der Waals surface area contributed by atoms with E-state index in [0.717, 1.165) is 24.9 Å². The quantitative estimate of drug-likeness (QED) is 0.859. The van der Waals surface area contributed by atoms with E-state index in [1.807, 2.05) is 37.4 Å². The van der Waals surface area contributed by atoms with Crippen LogP contribution >= 0.6 is 0 Å². The van der Waals surface area contributed by atoms with Gasteiger partial charge < -0.3 is 10.6 Å². The maximum Gasteiger partial charge on any atom is 0.230 e. The summed E-state index contributed by atoms with van der Waals surface area (Å²) in [5.41, 5.74) is 10.0. The Morgan fingerprint density at radius 3 is 2.67 bits per heavy atom. The number of hydrogen-bond acceptors (Lipinski definition) is 2. The van der Waals surface area contributed by atoms with Crippen LogP contribution in [0.3, 0.4) is 0 Å². The summed E-state index contributed by atoms with van der Waals surface area (Å²) in [7, 11) is 1.83. The molecule has 0 fully saturated rings. The molecular weight excluding hydrogens is 260 g/mol. The Bertz CT molecular complexity index is 666. The second-order valence-electron chi connectivity index (χ2n) is 5.70. The molecule has 0 bridgehead atoms. The molecule has 0 aliphatic heterocycles. The van der Waals surface area contributed by atoms with Gasteiger partial charge in [0.2, 0.25) is 5.91 Å². The summed E-state index contributed by atoms with van der Waals surface area (Å²) >= 11 is 0. The van der Waals surface area contributed by atoms with Gasteiger partial charge >= 0.3 is 0 Å². The van der Waals surface area contributed by atoms with E-state index in [4.69, 9.17) is 5.73 Å². The van der Waals surface area contributed by atoms with Gasteiger partial charge in [-0.25, -0.2) is 0 Å². The highest BCUT2D eigenvalue weighted by atomic mass is 16.2. The molecule has 21 heavy (non-hydrogen) atoms. The molecule has 3 rings (SSSR count). The summed E-state index contributed by atoms with van der Waals surface area (Å²) in [6, 6.07) is 15.9. The van der Waals surface area contributed by atoms with Crippen LogP contribution in [0.4, 0.5) is 11.4 Å². The number of rotatable bonds is 2. The van der Waals surface area contributed by atoms with E-state index in [0.29, 0.717) is 5.69 Å². The van der Waals surface area contributed by atoms with Crippen LogP contribution in [0, 0.1) is 5.92 Å². The van der Waals surface area contributed by atoms with Crippen molar-refractivity contribution in [2.75, 3.05) is 17.7 Å². The van der Waals surface area contributed by atoms with Crippen molar-refractivity contribution in [1.82, 2.24) is 0 Å². The highest BCUT2D eigenvalue weighted by molar-refractivity contribution is 5.95. The molecule has 0 aromatic heterocycles. The third-order valence-electron chi connectivity index (χ3n) is 4.28. The SMILES string of the molecule is CN(C(=O)C1CCc2ccccc2C1)c1cccc(N)c1. The van der Waals surface area contributed by atoms with Crippen LogP contribution < -0.4 is 10.6 Å². The molecule has 2 aromatic rings. The fourth-order valence-electron chi connectivity index (χ4n) is 3.04. The van der Waals surface area contributed by atoms with E-state index < -0.39 is 0 Å². The van der Waals surface area contributed by atoms with Crippen LogP contribution in [0.25, 0.3) is 0 Å². The summed E-state index contributed by atoms with van der Waals surface area (Å²) in [6.45, 7) is 0. The van der Waals surface area contributed by atoms with Crippen LogP contribution in [0.2, 0.25) is 0 Å². The Kier molecular flexibility index (Phi) is 3.65. The second kappa shape index (κ2) is 5.60. The molecule has 2 N–H and O–H groups in total. The lowest BCUT2D eigenvalue weighted by Gasteiger charge is -2.28. The molecule has 3 heteroatoms. The minimum absolute atomic E-state index is 0.0614. The van der Waals surface area contributed by atoms with Crippen molar-refractivity contribution in [2.45, 2.75) is 19.3 Å². The summed E-state index contributed by atoms with van der Waals surface area (Å²) < 4.78 is 0. The maximum atomic E-state index is 12.7. The number of benzene rings is 2. The van der Waals surface area contributed by atoms with E-state index in [-0.39, 0.29) is 11.8 Å². The summed E-state index contributed by atoms with van der Waals surface area (Å²) in [6.07, 6.45) is 2.74. The number of amides is 1. The summed E-state index contributed by atoms with van der Waals surface area (Å²) in [5.74, 6) is 0.237. The molecule has 1 aliphatic carbocycles. The third-order valence-corrected chi connectivity index (χ3v) is 4.28. The van der Waals surface area contributed by atoms with E-state index in [1.54, 1.807) is 4.90 Å². The van der Waals surface area contributed by atoms with Crippen molar-refractivity contribution in [3.63, 3.8) is 0 Å². The predicted octanol–water partition coefficient (Wildman–Crippen LogP) is 3.04. The number of carbonyl (C=O) groups is 1. The van der Waals surface area contributed by atoms with Crippen LogP contribution in [0.1, 0.15) is 17.5 Å². The molecule has 0 saturated carbocycles. The van der Waals surface area contributed by atoms with Crippen molar-refractivity contribution in [1.29, 1.82) is 0 Å². The Balaban J connectivity index is 1.77. The van der Waals surface area contributed by atoms with Crippen molar-refractivity contribution in [3.05, 3.63) is 59.7 Å². The zero-order valence-electron chi connectivity index (χ0n) is 12.3. The smallest absolute Gasteiger partial charge is 0.230 e. The predicted molar refractivity (Wildman–Crippen MR) is 86.2 cm³/mol. The lowest BCUT2D eigenvalue weighted by molar-refractivity contribution is -0.122. The summed E-state index contributed by atoms with van der Waals surface area (Å²) in [5, 5.41) is 0. The van der Waals surface area contributed by atoms with Gasteiger partial charge in [0.25, 0.3) is 0 Å². The number of nitrogens with two attached hydrogens (primary N) is 1. The molecule has 1 atom stereocenters. The van der Waals surface area contributed by atoms with Crippen LogP contribution in [-0.2, 0) is 17.6 Å². The standard InChI is InChI=1S/C18H20N2O/c1-20(17-8-4-7-16(19)12-17)18(21)15-10-9-13-5-2-3-6-14(13)11-15/h2-8,12,15H,9-11,19H2,1H3. The molecule has 1 amide bonds. The average Bonchev–Trinajstić information content (AvgIpc) is 2.53. The minimum atomic E-state index is 0.0614. The first-order valence-electron chi connectivity index (χ1n) is 7.35. The van der Waals surface area contributed by atoms with Gasteiger partial charge in [0.05, 0.1) is 0 Å². The van der Waals surface area contributed by atoms with Crippen LogP contribution in [-0.4, -0.2) is 13.0 Å². The van der Waals surface area contributed by atoms with E-state index in [2.05, 4.69) is 18.2 Å². The molecule has 0 saturated heterocycles. The molecule has 1 aliphatic rings. The maximum absolute atomic E-state index is 12.7. The molecule has 108 valence electrons. The zero-order valence-corrected chi connectivity index (χ0v) is 12.3. The fourth-order valence-corrected chi connectivity index (χ4v) is 3.04. The number of nitrogen functional groups attached to an aromatic ring is 1. The Hall–Kier alpha value is -2.29. The number of fused-ring (bicyclic) bond motifs is 1. The van der Waals surface area contributed by atoms with Gasteiger partial charge in [0.15, 0.2) is 0 Å². The van der Waals surface area contributed by atoms with Gasteiger partial charge in [0.1, 0.15) is 0 Å². The van der Waals surface area contributed by atoms with Gasteiger partial charge in [-0.05, 0) is 48.6 Å². The van der Waals surface area contributed by atoms with E-state index in [9.17, 15) is 4.79 Å². The number of carbonyl (C=O) groups excluding carboxylic acids is 1. The molecule has 1 unspecified atom stereocenters. The Labute approximate surface area is 125 Å². The van der Waals surface area contributed by atoms with Gasteiger partial charge in [-0.15, -0.1) is 0 Å². The molecule has 2 aromatic carbocycles. The zero-order chi connectivity index (χ0) is 14.8. The van der Waals surface area contributed by atoms with Crippen molar-refractivity contribution >= 4 is 17.3 Å². The molecule has 0 radical (unpaired) electrons. The number of nitrogens with zero attached hydrogens (tertiary/aromatic N) is 1. The van der Waals surface area contributed by atoms with Crippen LogP contribution in [0.5, 0.6) is 0 Å². The lowest BCUT2D eigenvalue weighted by Crippen LogP contribution is -2.35. The highest BCUT2D eigenvalue weighted by Crippen LogP contribution is 2.28. The number of aryl methyl sites for hydroxylation is 1. The normalized spacial score (nSPS) is 17.1. The summed E-state index contributed by atoms with van der Waals surface area (Å²) in [4.78, 5) is 14.4. The topological polar surface area (TPSA) is 46.3 Å². The van der Waals surface area contributed by atoms with Crippen molar-refractivity contribution < 1.29 is 4.79 Å². The minimum Gasteiger partial charge on any atom is -0.399 e.